The molecular weight excluding hydrogens is 388 g/mol. The number of methoxy groups -OCH3 is 1. The number of benzene rings is 2. The number of hydrogen-bond acceptors (Lipinski definition) is 6. The van der Waals surface area contributed by atoms with Crippen LogP contribution in [-0.4, -0.2) is 30.5 Å². The largest absolute Gasteiger partial charge is 0.494 e. The highest BCUT2D eigenvalue weighted by Gasteiger charge is 2.52. The molecule has 1 N–H and O–H groups in total. The van der Waals surface area contributed by atoms with Crippen molar-refractivity contribution in [2.75, 3.05) is 19.0 Å². The van der Waals surface area contributed by atoms with E-state index in [1.54, 1.807) is 24.3 Å². The lowest BCUT2D eigenvalue weighted by Gasteiger charge is -2.15. The molecule has 0 radical (unpaired) electrons. The summed E-state index contributed by atoms with van der Waals surface area (Å²) in [7, 11) is 1.33. The van der Waals surface area contributed by atoms with Crippen LogP contribution in [0.25, 0.3) is 0 Å². The molecule has 0 heterocycles. The zero-order valence-electron chi connectivity index (χ0n) is 14.9. The van der Waals surface area contributed by atoms with Crippen LogP contribution in [0.3, 0.4) is 0 Å². The molecule has 0 aromatic heterocycles. The first-order chi connectivity index (χ1) is 13.4. The Morgan fingerprint density at radius 1 is 1.21 bits per heavy atom. The first kappa shape index (κ1) is 19.6. The van der Waals surface area contributed by atoms with Crippen LogP contribution < -0.4 is 10.1 Å². The Hall–Kier alpha value is -3.13. The standard InChI is InChI=1S/C19H17ClN2O6/c1-27-16-10-14(22(25)26)6-7-15(16)21-17(23)11-28-18(24)19(8-9-19)12-2-4-13(20)5-3-12/h2-7,10H,8-9,11H2,1H3,(H,21,23). The fraction of sp³-hybridized carbons (Fsp3) is 0.263. The van der Waals surface area contributed by atoms with Gasteiger partial charge < -0.3 is 14.8 Å². The van der Waals surface area contributed by atoms with Crippen LogP contribution >= 0.6 is 11.6 Å². The third-order valence-electron chi connectivity index (χ3n) is 4.54. The molecule has 1 aliphatic rings. The minimum atomic E-state index is -0.726. The van der Waals surface area contributed by atoms with Crippen molar-refractivity contribution in [3.8, 4) is 5.75 Å². The van der Waals surface area contributed by atoms with Crippen molar-refractivity contribution in [1.82, 2.24) is 0 Å². The quantitative estimate of drug-likeness (QED) is 0.430. The molecule has 0 saturated heterocycles. The van der Waals surface area contributed by atoms with Crippen molar-refractivity contribution in [1.29, 1.82) is 0 Å². The van der Waals surface area contributed by atoms with Gasteiger partial charge >= 0.3 is 5.97 Å². The maximum Gasteiger partial charge on any atom is 0.317 e. The number of carbonyl (C=O) groups is 2. The van der Waals surface area contributed by atoms with E-state index in [0.717, 1.165) is 5.56 Å². The van der Waals surface area contributed by atoms with Gasteiger partial charge in [-0.2, -0.15) is 0 Å². The summed E-state index contributed by atoms with van der Waals surface area (Å²) in [5, 5.41) is 13.9. The highest BCUT2D eigenvalue weighted by atomic mass is 35.5. The van der Waals surface area contributed by atoms with Gasteiger partial charge in [0, 0.05) is 11.1 Å². The van der Waals surface area contributed by atoms with E-state index in [4.69, 9.17) is 21.1 Å². The van der Waals surface area contributed by atoms with Crippen molar-refractivity contribution < 1.29 is 24.0 Å². The first-order valence-corrected chi connectivity index (χ1v) is 8.79. The van der Waals surface area contributed by atoms with Crippen LogP contribution in [-0.2, 0) is 19.7 Å². The van der Waals surface area contributed by atoms with E-state index in [-0.39, 0.29) is 17.1 Å². The molecule has 1 aliphatic carbocycles. The zero-order valence-corrected chi connectivity index (χ0v) is 15.7. The smallest absolute Gasteiger partial charge is 0.317 e. The number of halogens is 1. The molecule has 28 heavy (non-hydrogen) atoms. The Labute approximate surface area is 165 Å². The summed E-state index contributed by atoms with van der Waals surface area (Å²) in [6.07, 6.45) is 1.29. The molecule has 8 nitrogen and oxygen atoms in total. The van der Waals surface area contributed by atoms with Gasteiger partial charge in [-0.3, -0.25) is 19.7 Å². The number of hydrogen-bond donors (Lipinski definition) is 1. The summed E-state index contributed by atoms with van der Waals surface area (Å²) >= 11 is 5.88. The number of nitrogens with zero attached hydrogens (tertiary/aromatic N) is 1. The van der Waals surface area contributed by atoms with E-state index in [0.29, 0.717) is 17.9 Å². The van der Waals surface area contributed by atoms with Crippen LogP contribution in [0.5, 0.6) is 5.75 Å². The average Bonchev–Trinajstić information content (AvgIpc) is 3.48. The van der Waals surface area contributed by atoms with E-state index < -0.39 is 28.8 Å². The van der Waals surface area contributed by atoms with E-state index >= 15 is 0 Å². The number of esters is 1. The van der Waals surface area contributed by atoms with Crippen LogP contribution in [0, 0.1) is 10.1 Å². The molecule has 0 spiro atoms. The van der Waals surface area contributed by atoms with E-state index in [9.17, 15) is 19.7 Å². The predicted molar refractivity (Wildman–Crippen MR) is 102 cm³/mol. The molecule has 2 aromatic carbocycles. The summed E-state index contributed by atoms with van der Waals surface area (Å²) in [5.74, 6) is -0.915. The minimum absolute atomic E-state index is 0.133. The van der Waals surface area contributed by atoms with Gasteiger partial charge in [0.1, 0.15) is 5.75 Å². The predicted octanol–water partition coefficient (Wildman–Crippen LogP) is 3.47. The maximum atomic E-state index is 12.5. The summed E-state index contributed by atoms with van der Waals surface area (Å²) in [6.45, 7) is -0.478. The second-order valence-corrected chi connectivity index (χ2v) is 6.79. The van der Waals surface area contributed by atoms with Gasteiger partial charge in [0.2, 0.25) is 0 Å². The molecule has 9 heteroatoms. The van der Waals surface area contributed by atoms with Crippen molar-refractivity contribution in [2.45, 2.75) is 18.3 Å². The number of nitrogens with one attached hydrogen (secondary N) is 1. The van der Waals surface area contributed by atoms with Crippen molar-refractivity contribution in [2.24, 2.45) is 0 Å². The molecule has 1 saturated carbocycles. The third-order valence-corrected chi connectivity index (χ3v) is 4.79. The van der Waals surface area contributed by atoms with Gasteiger partial charge in [-0.25, -0.2) is 0 Å². The van der Waals surface area contributed by atoms with Crippen LogP contribution in [0.2, 0.25) is 5.02 Å². The van der Waals surface area contributed by atoms with Crippen molar-refractivity contribution in [3.05, 3.63) is 63.2 Å². The lowest BCUT2D eigenvalue weighted by atomic mass is 9.96. The second-order valence-electron chi connectivity index (χ2n) is 6.36. The fourth-order valence-electron chi connectivity index (χ4n) is 2.86. The molecule has 0 aliphatic heterocycles. The van der Waals surface area contributed by atoms with Crippen LogP contribution in [0.15, 0.2) is 42.5 Å². The summed E-state index contributed by atoms with van der Waals surface area (Å²) in [6, 6.07) is 10.8. The van der Waals surface area contributed by atoms with Gasteiger partial charge in [-0.1, -0.05) is 23.7 Å². The van der Waals surface area contributed by atoms with E-state index in [2.05, 4.69) is 5.32 Å². The Morgan fingerprint density at radius 3 is 2.46 bits per heavy atom. The number of ether oxygens (including phenoxy) is 2. The molecule has 146 valence electrons. The van der Waals surface area contributed by atoms with Gasteiger partial charge in [-0.05, 0) is 36.6 Å². The van der Waals surface area contributed by atoms with Crippen molar-refractivity contribution in [3.63, 3.8) is 0 Å². The Bertz CT molecular complexity index is 925. The Balaban J connectivity index is 1.61. The van der Waals surface area contributed by atoms with Crippen LogP contribution in [0.1, 0.15) is 18.4 Å². The summed E-state index contributed by atoms with van der Waals surface area (Å²) < 4.78 is 10.2. The minimum Gasteiger partial charge on any atom is -0.494 e. The third kappa shape index (κ3) is 4.07. The van der Waals surface area contributed by atoms with Gasteiger partial charge in [0.05, 0.1) is 29.2 Å². The average molecular weight is 405 g/mol. The molecule has 0 unspecified atom stereocenters. The number of nitro benzene ring substituents is 1. The molecule has 0 bridgehead atoms. The summed E-state index contributed by atoms with van der Waals surface area (Å²) in [4.78, 5) is 34.9. The topological polar surface area (TPSA) is 108 Å². The monoisotopic (exact) mass is 404 g/mol. The number of nitro groups is 1. The van der Waals surface area contributed by atoms with Crippen LogP contribution in [0.4, 0.5) is 11.4 Å². The SMILES string of the molecule is COc1cc([N+](=O)[O-])ccc1NC(=O)COC(=O)C1(c2ccc(Cl)cc2)CC1. The normalized spacial score (nSPS) is 14.1. The van der Waals surface area contributed by atoms with Gasteiger partial charge in [0.15, 0.2) is 6.61 Å². The first-order valence-electron chi connectivity index (χ1n) is 8.41. The maximum absolute atomic E-state index is 12.5. The van der Waals surface area contributed by atoms with E-state index in [1.807, 2.05) is 0 Å². The van der Waals surface area contributed by atoms with Gasteiger partial charge in [-0.15, -0.1) is 0 Å². The second kappa shape index (κ2) is 7.85. The zero-order chi connectivity index (χ0) is 20.3. The number of amides is 1. The number of rotatable bonds is 7. The lowest BCUT2D eigenvalue weighted by Crippen LogP contribution is -2.28. The number of anilines is 1. The fourth-order valence-corrected chi connectivity index (χ4v) is 2.98. The number of non-ortho nitro benzene ring substituents is 1. The molecule has 0 atom stereocenters. The molecule has 3 rings (SSSR count). The van der Waals surface area contributed by atoms with Crippen molar-refractivity contribution >= 4 is 34.9 Å². The summed E-state index contributed by atoms with van der Waals surface area (Å²) in [5.41, 5.74) is 0.155. The molecule has 1 fully saturated rings. The molecule has 2 aromatic rings. The highest BCUT2D eigenvalue weighted by molar-refractivity contribution is 6.30. The number of carbonyl (C=O) groups excluding carboxylic acids is 2. The lowest BCUT2D eigenvalue weighted by molar-refractivity contribution is -0.384. The highest BCUT2D eigenvalue weighted by Crippen LogP contribution is 2.49. The van der Waals surface area contributed by atoms with E-state index in [1.165, 1.54) is 25.3 Å². The van der Waals surface area contributed by atoms with Gasteiger partial charge in [0.25, 0.3) is 11.6 Å². The Morgan fingerprint density at radius 2 is 1.89 bits per heavy atom. The Kier molecular flexibility index (Phi) is 5.51. The molecule has 1 amide bonds. The molecular formula is C19H17ClN2O6.